The maximum Gasteiger partial charge on any atom is 0.0462 e. The van der Waals surface area contributed by atoms with E-state index in [2.05, 4.69) is 267 Å². The first kappa shape index (κ1) is 38.4. The Kier molecular flexibility index (Phi) is 9.35. The van der Waals surface area contributed by atoms with Crippen LogP contribution in [0.3, 0.4) is 0 Å². The molecule has 306 valence electrons. The number of hydrogen-bond acceptors (Lipinski definition) is 1. The Morgan fingerprint density at radius 2 is 0.738 bits per heavy atom. The van der Waals surface area contributed by atoms with Gasteiger partial charge in [0.2, 0.25) is 0 Å². The topological polar surface area (TPSA) is 3.24 Å². The molecule has 0 amide bonds. The molecule has 11 aromatic carbocycles. The number of anilines is 3. The van der Waals surface area contributed by atoms with E-state index < -0.39 is 0 Å². The van der Waals surface area contributed by atoms with Crippen LogP contribution in [-0.4, -0.2) is 0 Å². The van der Waals surface area contributed by atoms with Gasteiger partial charge in [0.05, 0.1) is 0 Å². The number of fused-ring (bicyclic) bond motifs is 5. The Bertz CT molecular complexity index is 3510. The van der Waals surface area contributed by atoms with E-state index in [0.717, 1.165) is 17.1 Å². The Morgan fingerprint density at radius 1 is 0.292 bits per heavy atom. The lowest BCUT2D eigenvalue weighted by molar-refractivity contribution is 0.714. The van der Waals surface area contributed by atoms with E-state index in [-0.39, 0.29) is 5.41 Å². The highest BCUT2D eigenvalue weighted by atomic mass is 15.1. The zero-order valence-corrected chi connectivity index (χ0v) is 36.2. The molecular weight excluding hydrogens is 783 g/mol. The molecule has 1 aliphatic rings. The highest BCUT2D eigenvalue weighted by Crippen LogP contribution is 2.55. The standard InChI is InChI=1S/C64H45N/c1-64(53-17-3-2-4-18-53)61-23-10-9-20-60(61)63-59(22-12-24-62(63)64)50-35-41-56(42-36-50)65(55-39-33-49(34-40-55)58-21-11-16-48-14-7-8-19-57(48)58)54-37-31-46(32-38-54)45-25-27-47(28-26-45)52-30-29-44-13-5-6-15-51(44)43-52/h2-43H,1H3. The third-order valence-corrected chi connectivity index (χ3v) is 13.8. The van der Waals surface area contributed by atoms with Crippen LogP contribution in [0.15, 0.2) is 255 Å². The average Bonchev–Trinajstić information content (AvgIpc) is 3.65. The number of nitrogens with zero attached hydrogens (tertiary/aromatic N) is 1. The molecule has 0 aliphatic heterocycles. The van der Waals surface area contributed by atoms with Gasteiger partial charge in [-0.15, -0.1) is 0 Å². The van der Waals surface area contributed by atoms with Gasteiger partial charge in [-0.1, -0.05) is 212 Å². The summed E-state index contributed by atoms with van der Waals surface area (Å²) in [6, 6.07) is 93.4. The fourth-order valence-electron chi connectivity index (χ4n) is 10.4. The summed E-state index contributed by atoms with van der Waals surface area (Å²) in [6.07, 6.45) is 0. The maximum atomic E-state index is 2.38. The van der Waals surface area contributed by atoms with E-state index in [9.17, 15) is 0 Å². The SMILES string of the molecule is CC1(c2ccccc2)c2ccccc2-c2c(-c3ccc(N(c4ccc(-c5ccc(-c6ccc7ccccc7c6)cc5)cc4)c4ccc(-c5cccc6ccccc56)cc4)cc3)cccc21. The molecular formula is C64H45N. The minimum Gasteiger partial charge on any atom is -0.311 e. The minimum atomic E-state index is -0.246. The molecule has 1 aliphatic carbocycles. The quantitative estimate of drug-likeness (QED) is 0.147. The second kappa shape index (κ2) is 15.8. The van der Waals surface area contributed by atoms with E-state index in [1.54, 1.807) is 0 Å². The summed E-state index contributed by atoms with van der Waals surface area (Å²) >= 11 is 0. The fourth-order valence-corrected chi connectivity index (χ4v) is 10.4. The highest BCUT2D eigenvalue weighted by molar-refractivity contribution is 5.98. The van der Waals surface area contributed by atoms with Gasteiger partial charge in [-0.2, -0.15) is 0 Å². The number of rotatable bonds is 8. The Labute approximate surface area is 381 Å². The van der Waals surface area contributed by atoms with Gasteiger partial charge in [0, 0.05) is 22.5 Å². The molecule has 0 bridgehead atoms. The molecule has 0 aromatic heterocycles. The third kappa shape index (κ3) is 6.64. The summed E-state index contributed by atoms with van der Waals surface area (Å²) in [6.45, 7) is 2.38. The lowest BCUT2D eigenvalue weighted by Crippen LogP contribution is -2.22. The molecule has 12 rings (SSSR count). The van der Waals surface area contributed by atoms with Crippen molar-refractivity contribution in [3.8, 4) is 55.6 Å². The maximum absolute atomic E-state index is 2.38. The zero-order valence-electron chi connectivity index (χ0n) is 36.2. The smallest absolute Gasteiger partial charge is 0.0462 e. The van der Waals surface area contributed by atoms with Gasteiger partial charge in [-0.3, -0.25) is 0 Å². The van der Waals surface area contributed by atoms with Crippen molar-refractivity contribution in [3.63, 3.8) is 0 Å². The van der Waals surface area contributed by atoms with Crippen LogP contribution in [-0.2, 0) is 5.41 Å². The molecule has 1 heteroatoms. The van der Waals surface area contributed by atoms with Crippen LogP contribution < -0.4 is 4.90 Å². The minimum absolute atomic E-state index is 0.246. The second-order valence-electron chi connectivity index (χ2n) is 17.4. The Balaban J connectivity index is 0.912. The summed E-state index contributed by atoms with van der Waals surface area (Å²) in [7, 11) is 0. The van der Waals surface area contributed by atoms with Gasteiger partial charge in [0.25, 0.3) is 0 Å². The summed E-state index contributed by atoms with van der Waals surface area (Å²) in [5, 5.41) is 5.02. The van der Waals surface area contributed by atoms with Crippen LogP contribution in [0.1, 0.15) is 23.6 Å². The molecule has 1 unspecified atom stereocenters. The van der Waals surface area contributed by atoms with Crippen molar-refractivity contribution in [2.45, 2.75) is 12.3 Å². The summed E-state index contributed by atoms with van der Waals surface area (Å²) in [5.74, 6) is 0. The van der Waals surface area contributed by atoms with Gasteiger partial charge in [-0.25, -0.2) is 0 Å². The largest absolute Gasteiger partial charge is 0.311 e. The van der Waals surface area contributed by atoms with Gasteiger partial charge in [0.15, 0.2) is 0 Å². The summed E-state index contributed by atoms with van der Waals surface area (Å²) in [5.41, 5.74) is 19.4. The fraction of sp³-hybridized carbons (Fsp3) is 0.0312. The second-order valence-corrected chi connectivity index (χ2v) is 17.4. The Morgan fingerprint density at radius 3 is 1.43 bits per heavy atom. The van der Waals surface area contributed by atoms with E-state index in [1.165, 1.54) is 93.9 Å². The molecule has 1 nitrogen and oxygen atoms in total. The van der Waals surface area contributed by atoms with E-state index in [1.807, 2.05) is 0 Å². The van der Waals surface area contributed by atoms with E-state index in [4.69, 9.17) is 0 Å². The molecule has 0 saturated heterocycles. The van der Waals surface area contributed by atoms with Crippen molar-refractivity contribution in [1.82, 2.24) is 0 Å². The van der Waals surface area contributed by atoms with Crippen LogP contribution in [0.5, 0.6) is 0 Å². The van der Waals surface area contributed by atoms with Crippen LogP contribution in [0.2, 0.25) is 0 Å². The van der Waals surface area contributed by atoms with E-state index >= 15 is 0 Å². The molecule has 0 radical (unpaired) electrons. The van der Waals surface area contributed by atoms with Crippen molar-refractivity contribution >= 4 is 38.6 Å². The normalized spacial score (nSPS) is 14.0. The average molecular weight is 828 g/mol. The van der Waals surface area contributed by atoms with Crippen LogP contribution >= 0.6 is 0 Å². The van der Waals surface area contributed by atoms with Crippen LogP contribution in [0.25, 0.3) is 77.2 Å². The summed E-state index contributed by atoms with van der Waals surface area (Å²) in [4.78, 5) is 2.38. The molecule has 0 heterocycles. The van der Waals surface area contributed by atoms with E-state index in [0.29, 0.717) is 0 Å². The van der Waals surface area contributed by atoms with Gasteiger partial charge in [-0.05, 0) is 143 Å². The molecule has 1 atom stereocenters. The third-order valence-electron chi connectivity index (χ3n) is 13.8. The van der Waals surface area contributed by atoms with Crippen molar-refractivity contribution in [2.75, 3.05) is 4.90 Å². The predicted molar refractivity (Wildman–Crippen MR) is 275 cm³/mol. The van der Waals surface area contributed by atoms with Crippen LogP contribution in [0.4, 0.5) is 17.1 Å². The van der Waals surface area contributed by atoms with Gasteiger partial charge in [0.1, 0.15) is 0 Å². The monoisotopic (exact) mass is 827 g/mol. The molecule has 65 heavy (non-hydrogen) atoms. The van der Waals surface area contributed by atoms with Gasteiger partial charge < -0.3 is 4.90 Å². The molecule has 0 spiro atoms. The number of hydrogen-bond donors (Lipinski definition) is 0. The highest BCUT2D eigenvalue weighted by Gasteiger charge is 2.41. The number of benzene rings is 11. The summed E-state index contributed by atoms with van der Waals surface area (Å²) < 4.78 is 0. The first-order chi connectivity index (χ1) is 32.1. The van der Waals surface area contributed by atoms with Crippen LogP contribution in [0, 0.1) is 0 Å². The lowest BCUT2D eigenvalue weighted by Gasteiger charge is -2.28. The van der Waals surface area contributed by atoms with Crippen molar-refractivity contribution in [2.24, 2.45) is 0 Å². The van der Waals surface area contributed by atoms with Crippen molar-refractivity contribution in [1.29, 1.82) is 0 Å². The molecule has 0 N–H and O–H groups in total. The van der Waals surface area contributed by atoms with Crippen molar-refractivity contribution < 1.29 is 0 Å². The molecule has 0 saturated carbocycles. The zero-order chi connectivity index (χ0) is 43.3. The molecule has 0 fully saturated rings. The van der Waals surface area contributed by atoms with Gasteiger partial charge >= 0.3 is 0 Å². The Hall–Kier alpha value is -8.26. The predicted octanol–water partition coefficient (Wildman–Crippen LogP) is 17.5. The molecule has 11 aromatic rings. The first-order valence-corrected chi connectivity index (χ1v) is 22.6. The van der Waals surface area contributed by atoms with Crippen molar-refractivity contribution in [3.05, 3.63) is 271 Å². The lowest BCUT2D eigenvalue weighted by atomic mass is 9.74. The first-order valence-electron chi connectivity index (χ1n) is 22.6.